The maximum absolute atomic E-state index is 13.2. The lowest BCUT2D eigenvalue weighted by molar-refractivity contribution is -0.132. The molecule has 162 valence electrons. The van der Waals surface area contributed by atoms with Gasteiger partial charge < -0.3 is 10.2 Å². The van der Waals surface area contributed by atoms with E-state index in [9.17, 15) is 19.8 Å². The fourth-order valence-electron chi connectivity index (χ4n) is 3.89. The van der Waals surface area contributed by atoms with Crippen LogP contribution in [0.25, 0.3) is 5.76 Å². The van der Waals surface area contributed by atoms with Crippen molar-refractivity contribution >= 4 is 39.1 Å². The minimum absolute atomic E-state index is 0.00638. The van der Waals surface area contributed by atoms with Gasteiger partial charge in [-0.2, -0.15) is 0 Å². The molecule has 4 rings (SSSR count). The van der Waals surface area contributed by atoms with Gasteiger partial charge in [-0.15, -0.1) is 0 Å². The SMILES string of the molecule is CC(C)c1ccc(N2C(=O)C(=O)/C(=C(\O)c3ccc(Br)cc3)C2c2cccc(O)c2)cc1. The van der Waals surface area contributed by atoms with E-state index in [1.165, 1.54) is 17.0 Å². The summed E-state index contributed by atoms with van der Waals surface area (Å²) in [6.07, 6.45) is 0. The van der Waals surface area contributed by atoms with E-state index >= 15 is 0 Å². The Bertz CT molecular complexity index is 1210. The quantitative estimate of drug-likeness (QED) is 0.270. The number of aromatic hydroxyl groups is 1. The third-order valence-electron chi connectivity index (χ3n) is 5.59. The Morgan fingerprint density at radius 2 is 1.62 bits per heavy atom. The zero-order valence-electron chi connectivity index (χ0n) is 17.6. The van der Waals surface area contributed by atoms with Crippen LogP contribution in [-0.4, -0.2) is 21.9 Å². The lowest BCUT2D eigenvalue weighted by Crippen LogP contribution is -2.29. The van der Waals surface area contributed by atoms with Crippen molar-refractivity contribution in [3.63, 3.8) is 0 Å². The second-order valence-electron chi connectivity index (χ2n) is 8.02. The highest BCUT2D eigenvalue weighted by molar-refractivity contribution is 9.10. The molecule has 0 aromatic heterocycles. The number of hydrogen-bond donors (Lipinski definition) is 2. The summed E-state index contributed by atoms with van der Waals surface area (Å²) >= 11 is 3.36. The first-order valence-electron chi connectivity index (χ1n) is 10.2. The molecule has 1 unspecified atom stereocenters. The van der Waals surface area contributed by atoms with Gasteiger partial charge in [0.2, 0.25) is 0 Å². The zero-order chi connectivity index (χ0) is 23.0. The fourth-order valence-corrected chi connectivity index (χ4v) is 4.16. The molecule has 0 saturated carbocycles. The molecule has 3 aromatic rings. The first-order chi connectivity index (χ1) is 15.3. The predicted molar refractivity (Wildman–Crippen MR) is 128 cm³/mol. The van der Waals surface area contributed by atoms with Gasteiger partial charge in [-0.3, -0.25) is 14.5 Å². The van der Waals surface area contributed by atoms with Gasteiger partial charge in [-0.05, 0) is 53.4 Å². The molecule has 1 amide bonds. The Labute approximate surface area is 194 Å². The van der Waals surface area contributed by atoms with Crippen molar-refractivity contribution in [2.75, 3.05) is 4.90 Å². The number of benzene rings is 3. The lowest BCUT2D eigenvalue weighted by Gasteiger charge is -2.26. The van der Waals surface area contributed by atoms with Gasteiger partial charge in [0.05, 0.1) is 11.6 Å². The maximum atomic E-state index is 13.2. The Hall–Kier alpha value is -3.38. The lowest BCUT2D eigenvalue weighted by atomic mass is 9.95. The monoisotopic (exact) mass is 491 g/mol. The summed E-state index contributed by atoms with van der Waals surface area (Å²) in [5, 5.41) is 21.1. The first-order valence-corrected chi connectivity index (χ1v) is 11.0. The number of nitrogens with zero attached hydrogens (tertiary/aromatic N) is 1. The molecule has 1 aliphatic rings. The summed E-state index contributed by atoms with van der Waals surface area (Å²) in [6.45, 7) is 4.15. The number of anilines is 1. The number of ketones is 1. The number of halogens is 1. The Balaban J connectivity index is 1.91. The molecular weight excluding hydrogens is 470 g/mol. The number of amides is 1. The van der Waals surface area contributed by atoms with E-state index in [0.29, 0.717) is 22.7 Å². The van der Waals surface area contributed by atoms with Crippen LogP contribution in [0.5, 0.6) is 5.75 Å². The van der Waals surface area contributed by atoms with Crippen LogP contribution in [0.1, 0.15) is 42.5 Å². The number of phenolic OH excluding ortho intramolecular Hbond substituents is 1. The molecule has 6 heteroatoms. The summed E-state index contributed by atoms with van der Waals surface area (Å²) in [6, 6.07) is 19.8. The van der Waals surface area contributed by atoms with E-state index in [1.807, 2.05) is 12.1 Å². The van der Waals surface area contributed by atoms with Gasteiger partial charge in [0.1, 0.15) is 11.5 Å². The molecule has 1 fully saturated rings. The highest BCUT2D eigenvalue weighted by Crippen LogP contribution is 2.43. The molecular formula is C26H22BrNO4. The van der Waals surface area contributed by atoms with Crippen LogP contribution < -0.4 is 4.90 Å². The van der Waals surface area contributed by atoms with E-state index in [4.69, 9.17) is 0 Å². The van der Waals surface area contributed by atoms with Crippen LogP contribution in [0.15, 0.2) is 82.8 Å². The molecule has 1 atom stereocenters. The molecule has 32 heavy (non-hydrogen) atoms. The maximum Gasteiger partial charge on any atom is 0.300 e. The normalized spacial score (nSPS) is 17.9. The van der Waals surface area contributed by atoms with Gasteiger partial charge in [0, 0.05) is 15.7 Å². The minimum atomic E-state index is -0.879. The molecule has 1 saturated heterocycles. The highest BCUT2D eigenvalue weighted by Gasteiger charge is 2.47. The van der Waals surface area contributed by atoms with Crippen molar-refractivity contribution in [3.8, 4) is 5.75 Å². The number of aliphatic hydroxyl groups is 1. The van der Waals surface area contributed by atoms with Crippen molar-refractivity contribution in [1.29, 1.82) is 0 Å². The average Bonchev–Trinajstić information content (AvgIpc) is 3.04. The smallest absolute Gasteiger partial charge is 0.300 e. The molecule has 3 aromatic carbocycles. The number of Topliss-reactive ketones (excluding diaryl/α,β-unsaturated/α-hetero) is 1. The van der Waals surface area contributed by atoms with Crippen LogP contribution in [0, 0.1) is 0 Å². The van der Waals surface area contributed by atoms with E-state index in [0.717, 1.165) is 10.0 Å². The number of aliphatic hydroxyl groups excluding tert-OH is 1. The van der Waals surface area contributed by atoms with Crippen LogP contribution in [0.3, 0.4) is 0 Å². The van der Waals surface area contributed by atoms with Crippen LogP contribution in [0.2, 0.25) is 0 Å². The van der Waals surface area contributed by atoms with Crippen molar-refractivity contribution in [3.05, 3.63) is 99.5 Å². The van der Waals surface area contributed by atoms with Gasteiger partial charge in [0.25, 0.3) is 11.7 Å². The zero-order valence-corrected chi connectivity index (χ0v) is 19.2. The third kappa shape index (κ3) is 3.94. The molecule has 2 N–H and O–H groups in total. The standard InChI is InChI=1S/C26H22BrNO4/c1-15(2)16-8-12-20(13-9-16)28-23(18-4-3-5-21(29)14-18)22(25(31)26(28)32)24(30)17-6-10-19(27)11-7-17/h3-15,23,29-30H,1-2H3/b24-22-. The largest absolute Gasteiger partial charge is 0.508 e. The van der Waals surface area contributed by atoms with E-state index in [1.54, 1.807) is 48.5 Å². The topological polar surface area (TPSA) is 77.8 Å². The van der Waals surface area contributed by atoms with Crippen LogP contribution >= 0.6 is 15.9 Å². The van der Waals surface area contributed by atoms with E-state index in [-0.39, 0.29) is 17.1 Å². The molecule has 0 spiro atoms. The molecule has 0 bridgehead atoms. The number of hydrogen-bond acceptors (Lipinski definition) is 4. The van der Waals surface area contributed by atoms with Crippen molar-refractivity contribution in [2.45, 2.75) is 25.8 Å². The van der Waals surface area contributed by atoms with Crippen LogP contribution in [-0.2, 0) is 9.59 Å². The Morgan fingerprint density at radius 3 is 2.22 bits per heavy atom. The summed E-state index contributed by atoms with van der Waals surface area (Å²) in [5.41, 5.74) is 2.58. The minimum Gasteiger partial charge on any atom is -0.508 e. The predicted octanol–water partition coefficient (Wildman–Crippen LogP) is 5.90. The number of carbonyl (C=O) groups excluding carboxylic acids is 2. The summed E-state index contributed by atoms with van der Waals surface area (Å²) < 4.78 is 0.823. The molecule has 1 aliphatic heterocycles. The van der Waals surface area contributed by atoms with Gasteiger partial charge >= 0.3 is 0 Å². The molecule has 0 aliphatic carbocycles. The van der Waals surface area contributed by atoms with E-state index < -0.39 is 17.7 Å². The van der Waals surface area contributed by atoms with Gasteiger partial charge in [-0.1, -0.05) is 66.2 Å². The molecule has 0 radical (unpaired) electrons. The summed E-state index contributed by atoms with van der Waals surface area (Å²) in [7, 11) is 0. The molecule has 1 heterocycles. The van der Waals surface area contributed by atoms with Crippen molar-refractivity contribution in [1.82, 2.24) is 0 Å². The second kappa shape index (κ2) is 8.63. The fraction of sp³-hybridized carbons (Fsp3) is 0.154. The molecule has 5 nitrogen and oxygen atoms in total. The van der Waals surface area contributed by atoms with Crippen molar-refractivity contribution in [2.24, 2.45) is 0 Å². The van der Waals surface area contributed by atoms with Gasteiger partial charge in [-0.25, -0.2) is 0 Å². The number of rotatable bonds is 4. The van der Waals surface area contributed by atoms with Crippen molar-refractivity contribution < 1.29 is 19.8 Å². The number of phenols is 1. The average molecular weight is 492 g/mol. The summed E-state index contributed by atoms with van der Waals surface area (Å²) in [4.78, 5) is 27.7. The first kappa shape index (κ1) is 21.8. The van der Waals surface area contributed by atoms with Gasteiger partial charge in [0.15, 0.2) is 0 Å². The number of carbonyl (C=O) groups is 2. The Morgan fingerprint density at radius 1 is 0.969 bits per heavy atom. The van der Waals surface area contributed by atoms with Crippen LogP contribution in [0.4, 0.5) is 5.69 Å². The third-order valence-corrected chi connectivity index (χ3v) is 6.11. The Kier molecular flexibility index (Phi) is 5.89. The highest BCUT2D eigenvalue weighted by atomic mass is 79.9. The van der Waals surface area contributed by atoms with E-state index in [2.05, 4.69) is 29.8 Å². The summed E-state index contributed by atoms with van der Waals surface area (Å²) in [5.74, 6) is -1.43. The second-order valence-corrected chi connectivity index (χ2v) is 8.93.